The van der Waals surface area contributed by atoms with Gasteiger partial charge >= 0.3 is 0 Å². The standard InChI is InChI=1S/C11H24O3/c1-6-14-11(4,5)8-10(2,3)9(13)7-12/h9,12-13H,6-8H2,1-5H3. The number of aliphatic hydroxyl groups excluding tert-OH is 2. The van der Waals surface area contributed by atoms with Gasteiger partial charge in [0, 0.05) is 6.61 Å². The summed E-state index contributed by atoms with van der Waals surface area (Å²) in [5.74, 6) is 0. The third kappa shape index (κ3) is 4.40. The molecule has 0 bridgehead atoms. The normalized spacial score (nSPS) is 15.6. The van der Waals surface area contributed by atoms with E-state index in [1.807, 2.05) is 34.6 Å². The lowest BCUT2D eigenvalue weighted by atomic mass is 9.77. The van der Waals surface area contributed by atoms with Gasteiger partial charge in [0.15, 0.2) is 0 Å². The van der Waals surface area contributed by atoms with E-state index in [-0.39, 0.29) is 17.6 Å². The molecule has 1 unspecified atom stereocenters. The third-order valence-corrected chi connectivity index (χ3v) is 2.49. The van der Waals surface area contributed by atoms with E-state index in [9.17, 15) is 5.11 Å². The van der Waals surface area contributed by atoms with E-state index in [4.69, 9.17) is 9.84 Å². The fraction of sp³-hybridized carbons (Fsp3) is 1.00. The van der Waals surface area contributed by atoms with Crippen LogP contribution in [0.4, 0.5) is 0 Å². The molecule has 2 N–H and O–H groups in total. The zero-order chi connectivity index (χ0) is 11.4. The van der Waals surface area contributed by atoms with Gasteiger partial charge < -0.3 is 14.9 Å². The summed E-state index contributed by atoms with van der Waals surface area (Å²) in [4.78, 5) is 0. The Morgan fingerprint density at radius 3 is 2.07 bits per heavy atom. The highest BCUT2D eigenvalue weighted by Gasteiger charge is 2.34. The van der Waals surface area contributed by atoms with Crippen LogP contribution >= 0.6 is 0 Å². The highest BCUT2D eigenvalue weighted by atomic mass is 16.5. The highest BCUT2D eigenvalue weighted by molar-refractivity contribution is 4.85. The molecule has 0 aliphatic rings. The summed E-state index contributed by atoms with van der Waals surface area (Å²) in [6.07, 6.45) is 0.0254. The molecule has 3 heteroatoms. The van der Waals surface area contributed by atoms with Gasteiger partial charge in [0.25, 0.3) is 0 Å². The molecule has 0 spiro atoms. The molecular weight excluding hydrogens is 180 g/mol. The van der Waals surface area contributed by atoms with E-state index >= 15 is 0 Å². The minimum Gasteiger partial charge on any atom is -0.394 e. The summed E-state index contributed by atoms with van der Waals surface area (Å²) < 4.78 is 5.57. The van der Waals surface area contributed by atoms with Crippen LogP contribution in [-0.4, -0.2) is 35.1 Å². The van der Waals surface area contributed by atoms with Crippen LogP contribution in [0.15, 0.2) is 0 Å². The van der Waals surface area contributed by atoms with Crippen LogP contribution in [-0.2, 0) is 4.74 Å². The Hall–Kier alpha value is -0.120. The second-order valence-corrected chi connectivity index (χ2v) is 5.06. The number of ether oxygens (including phenoxy) is 1. The molecule has 0 aromatic rings. The van der Waals surface area contributed by atoms with Crippen LogP contribution in [0.25, 0.3) is 0 Å². The van der Waals surface area contributed by atoms with Crippen LogP contribution < -0.4 is 0 Å². The van der Waals surface area contributed by atoms with Gasteiger partial charge in [-0.2, -0.15) is 0 Å². The highest BCUT2D eigenvalue weighted by Crippen LogP contribution is 2.33. The quantitative estimate of drug-likeness (QED) is 0.690. The maximum absolute atomic E-state index is 9.61. The molecule has 0 radical (unpaired) electrons. The molecule has 86 valence electrons. The molecule has 3 nitrogen and oxygen atoms in total. The number of hydrogen-bond donors (Lipinski definition) is 2. The lowest BCUT2D eigenvalue weighted by Gasteiger charge is -2.37. The first-order valence-electron chi connectivity index (χ1n) is 5.18. The van der Waals surface area contributed by atoms with Crippen molar-refractivity contribution in [3.05, 3.63) is 0 Å². The zero-order valence-electron chi connectivity index (χ0n) is 10.0. The average Bonchev–Trinajstić information content (AvgIpc) is 2.00. The maximum atomic E-state index is 9.61. The van der Waals surface area contributed by atoms with E-state index < -0.39 is 6.10 Å². The van der Waals surface area contributed by atoms with Crippen molar-refractivity contribution in [2.24, 2.45) is 5.41 Å². The van der Waals surface area contributed by atoms with Gasteiger partial charge in [-0.25, -0.2) is 0 Å². The van der Waals surface area contributed by atoms with Gasteiger partial charge in [-0.3, -0.25) is 0 Å². The Bertz CT molecular complexity index is 164. The second kappa shape index (κ2) is 5.10. The first kappa shape index (κ1) is 13.9. The summed E-state index contributed by atoms with van der Waals surface area (Å²) >= 11 is 0. The minimum atomic E-state index is -0.692. The van der Waals surface area contributed by atoms with Crippen LogP contribution in [0, 0.1) is 5.41 Å². The van der Waals surface area contributed by atoms with E-state index in [1.54, 1.807) is 0 Å². The lowest BCUT2D eigenvalue weighted by Crippen LogP contribution is -2.40. The van der Waals surface area contributed by atoms with Gasteiger partial charge in [0.2, 0.25) is 0 Å². The maximum Gasteiger partial charge on any atom is 0.0822 e. The second-order valence-electron chi connectivity index (χ2n) is 5.06. The molecule has 0 fully saturated rings. The molecule has 0 rings (SSSR count). The summed E-state index contributed by atoms with van der Waals surface area (Å²) in [6, 6.07) is 0. The van der Waals surface area contributed by atoms with Gasteiger partial charge in [-0.15, -0.1) is 0 Å². The Morgan fingerprint density at radius 1 is 1.21 bits per heavy atom. The van der Waals surface area contributed by atoms with Crippen molar-refractivity contribution in [3.8, 4) is 0 Å². The van der Waals surface area contributed by atoms with E-state index in [0.29, 0.717) is 6.61 Å². The van der Waals surface area contributed by atoms with Crippen molar-refractivity contribution in [2.75, 3.05) is 13.2 Å². The predicted molar refractivity (Wildman–Crippen MR) is 57.2 cm³/mol. The van der Waals surface area contributed by atoms with Crippen LogP contribution in [0.2, 0.25) is 0 Å². The van der Waals surface area contributed by atoms with Crippen molar-refractivity contribution in [1.82, 2.24) is 0 Å². The number of hydrogen-bond acceptors (Lipinski definition) is 3. The number of aliphatic hydroxyl groups is 2. The van der Waals surface area contributed by atoms with Gasteiger partial charge in [0.05, 0.1) is 18.3 Å². The van der Waals surface area contributed by atoms with Crippen LogP contribution in [0.5, 0.6) is 0 Å². The van der Waals surface area contributed by atoms with Gasteiger partial charge in [-0.05, 0) is 32.6 Å². The molecule has 0 aliphatic heterocycles. The average molecular weight is 204 g/mol. The van der Waals surface area contributed by atoms with E-state index in [1.165, 1.54) is 0 Å². The molecule has 0 saturated carbocycles. The lowest BCUT2D eigenvalue weighted by molar-refractivity contribution is -0.0782. The molecule has 0 saturated heterocycles. The largest absolute Gasteiger partial charge is 0.394 e. The van der Waals surface area contributed by atoms with Crippen molar-refractivity contribution < 1.29 is 14.9 Å². The number of rotatable bonds is 6. The zero-order valence-corrected chi connectivity index (χ0v) is 10.0. The molecule has 0 aliphatic carbocycles. The summed E-state index contributed by atoms with van der Waals surface area (Å²) in [5.41, 5.74) is -0.582. The van der Waals surface area contributed by atoms with Crippen LogP contribution in [0.3, 0.4) is 0 Å². The molecule has 0 amide bonds. The molecule has 14 heavy (non-hydrogen) atoms. The Labute approximate surface area is 87.1 Å². The first-order chi connectivity index (χ1) is 6.25. The molecule has 0 aromatic heterocycles. The molecule has 0 heterocycles. The fourth-order valence-electron chi connectivity index (χ4n) is 1.90. The smallest absolute Gasteiger partial charge is 0.0822 e. The Balaban J connectivity index is 4.33. The van der Waals surface area contributed by atoms with E-state index in [2.05, 4.69) is 0 Å². The van der Waals surface area contributed by atoms with E-state index in [0.717, 1.165) is 6.42 Å². The Kier molecular flexibility index (Phi) is 5.06. The topological polar surface area (TPSA) is 49.7 Å². The SMILES string of the molecule is CCOC(C)(C)CC(C)(C)C(O)CO. The monoisotopic (exact) mass is 204 g/mol. The molecule has 0 aromatic carbocycles. The Morgan fingerprint density at radius 2 is 1.71 bits per heavy atom. The summed E-state index contributed by atoms with van der Waals surface area (Å²) in [6.45, 7) is 10.3. The molecular formula is C11H24O3. The van der Waals surface area contributed by atoms with Crippen molar-refractivity contribution in [3.63, 3.8) is 0 Å². The minimum absolute atomic E-state index is 0.199. The summed E-state index contributed by atoms with van der Waals surface area (Å²) in [7, 11) is 0. The fourth-order valence-corrected chi connectivity index (χ4v) is 1.90. The van der Waals surface area contributed by atoms with Crippen molar-refractivity contribution in [2.45, 2.75) is 52.7 Å². The summed E-state index contributed by atoms with van der Waals surface area (Å²) in [5, 5.41) is 18.5. The molecule has 1 atom stereocenters. The van der Waals surface area contributed by atoms with Crippen molar-refractivity contribution >= 4 is 0 Å². The van der Waals surface area contributed by atoms with Crippen molar-refractivity contribution in [1.29, 1.82) is 0 Å². The third-order valence-electron chi connectivity index (χ3n) is 2.49. The van der Waals surface area contributed by atoms with Crippen LogP contribution in [0.1, 0.15) is 41.0 Å². The predicted octanol–water partition coefficient (Wildman–Crippen LogP) is 1.57. The first-order valence-corrected chi connectivity index (χ1v) is 5.18. The van der Waals surface area contributed by atoms with Gasteiger partial charge in [-0.1, -0.05) is 13.8 Å². The van der Waals surface area contributed by atoms with Gasteiger partial charge in [0.1, 0.15) is 0 Å².